The lowest BCUT2D eigenvalue weighted by molar-refractivity contribution is -0.108. The molecule has 2 N–H and O–H groups in total. The minimum atomic E-state index is -0.543. The molecule has 10 heteroatoms. The molecule has 8 nitrogen and oxygen atoms in total. The maximum atomic E-state index is 14.3. The van der Waals surface area contributed by atoms with Crippen LogP contribution in [0.15, 0.2) is 24.7 Å². The number of halogens is 2. The summed E-state index contributed by atoms with van der Waals surface area (Å²) in [5.41, 5.74) is 1.34. The van der Waals surface area contributed by atoms with E-state index in [9.17, 15) is 9.18 Å². The molecule has 1 unspecified atom stereocenters. The summed E-state index contributed by atoms with van der Waals surface area (Å²) < 4.78 is 20.0. The summed E-state index contributed by atoms with van der Waals surface area (Å²) >= 11 is 6.04. The number of aromatic nitrogens is 4. The predicted octanol–water partition coefficient (Wildman–Crippen LogP) is 2.51. The molecule has 0 aromatic carbocycles. The zero-order valence-corrected chi connectivity index (χ0v) is 16.3. The van der Waals surface area contributed by atoms with Gasteiger partial charge < -0.3 is 19.8 Å². The van der Waals surface area contributed by atoms with Crippen LogP contribution >= 0.6 is 11.6 Å². The van der Waals surface area contributed by atoms with Gasteiger partial charge in [0.1, 0.15) is 11.9 Å². The van der Waals surface area contributed by atoms with Crippen LogP contribution < -0.4 is 5.32 Å². The van der Waals surface area contributed by atoms with E-state index in [-0.39, 0.29) is 11.9 Å². The highest BCUT2D eigenvalue weighted by Crippen LogP contribution is 2.28. The van der Waals surface area contributed by atoms with E-state index in [0.717, 1.165) is 24.4 Å². The first kappa shape index (κ1) is 19.7. The summed E-state index contributed by atoms with van der Waals surface area (Å²) in [7, 11) is 0. The van der Waals surface area contributed by atoms with Gasteiger partial charge in [-0.2, -0.15) is 0 Å². The van der Waals surface area contributed by atoms with Crippen LogP contribution in [0, 0.1) is 5.82 Å². The van der Waals surface area contributed by atoms with E-state index >= 15 is 0 Å². The van der Waals surface area contributed by atoms with Gasteiger partial charge in [-0.1, -0.05) is 11.6 Å². The summed E-state index contributed by atoms with van der Waals surface area (Å²) in [4.78, 5) is 28.4. The van der Waals surface area contributed by atoms with Gasteiger partial charge in [0.05, 0.1) is 23.9 Å². The molecular formula is C19H20ClFN6O2. The smallest absolute Gasteiger partial charge is 0.183 e. The highest BCUT2D eigenvalue weighted by atomic mass is 35.5. The Kier molecular flexibility index (Phi) is 5.98. The quantitative estimate of drug-likeness (QED) is 0.569. The van der Waals surface area contributed by atoms with Crippen LogP contribution in [0.2, 0.25) is 5.02 Å². The number of H-pyrrole nitrogens is 1. The van der Waals surface area contributed by atoms with E-state index in [4.69, 9.17) is 16.3 Å². The molecule has 29 heavy (non-hydrogen) atoms. The second-order valence-corrected chi connectivity index (χ2v) is 7.21. The Morgan fingerprint density at radius 3 is 3.17 bits per heavy atom. The Hall–Kier alpha value is -2.62. The number of anilines is 1. The molecule has 0 radical (unpaired) electrons. The third kappa shape index (κ3) is 4.52. The van der Waals surface area contributed by atoms with Gasteiger partial charge in [-0.25, -0.2) is 19.3 Å². The van der Waals surface area contributed by atoms with Crippen molar-refractivity contribution >= 4 is 34.7 Å². The second kappa shape index (κ2) is 8.81. The summed E-state index contributed by atoms with van der Waals surface area (Å²) in [5.74, 6) is -0.0762. The lowest BCUT2D eigenvalue weighted by atomic mass is 10.2. The highest BCUT2D eigenvalue weighted by molar-refractivity contribution is 6.31. The maximum absolute atomic E-state index is 14.3. The van der Waals surface area contributed by atoms with Gasteiger partial charge in [-0.05, 0) is 6.07 Å². The van der Waals surface area contributed by atoms with E-state index in [2.05, 4.69) is 30.2 Å². The summed E-state index contributed by atoms with van der Waals surface area (Å²) in [6.45, 7) is 3.13. The molecule has 152 valence electrons. The zero-order chi connectivity index (χ0) is 20.2. The number of pyridine rings is 1. The molecule has 1 fully saturated rings. The average Bonchev–Trinajstić information content (AvgIpc) is 3.15. The number of morpholine rings is 1. The first-order valence-electron chi connectivity index (χ1n) is 9.31. The molecule has 0 aliphatic carbocycles. The largest absolute Gasteiger partial charge is 0.374 e. The van der Waals surface area contributed by atoms with Crippen molar-refractivity contribution in [3.63, 3.8) is 0 Å². The Morgan fingerprint density at radius 2 is 2.31 bits per heavy atom. The van der Waals surface area contributed by atoms with E-state index in [0.29, 0.717) is 54.7 Å². The molecule has 1 atom stereocenters. The van der Waals surface area contributed by atoms with Gasteiger partial charge in [-0.15, -0.1) is 0 Å². The normalized spacial score (nSPS) is 17.5. The van der Waals surface area contributed by atoms with Crippen LogP contribution in [0.3, 0.4) is 0 Å². The van der Waals surface area contributed by atoms with Crippen LogP contribution in [0.5, 0.6) is 0 Å². The first-order valence-corrected chi connectivity index (χ1v) is 9.69. The van der Waals surface area contributed by atoms with Crippen molar-refractivity contribution in [2.75, 3.05) is 38.1 Å². The van der Waals surface area contributed by atoms with Crippen molar-refractivity contribution in [2.45, 2.75) is 12.5 Å². The lowest BCUT2D eigenvalue weighted by Crippen LogP contribution is -2.45. The number of aromatic amines is 1. The predicted molar refractivity (Wildman–Crippen MR) is 107 cm³/mol. The number of ether oxygens (including phenoxy) is 1. The third-order valence-corrected chi connectivity index (χ3v) is 4.97. The molecule has 1 aliphatic rings. The Labute approximate surface area is 171 Å². The van der Waals surface area contributed by atoms with Crippen LogP contribution in [0.1, 0.15) is 6.42 Å². The number of carbonyl (C=O) groups is 1. The van der Waals surface area contributed by atoms with E-state index in [1.165, 1.54) is 0 Å². The van der Waals surface area contributed by atoms with Crippen LogP contribution in [-0.2, 0) is 9.53 Å². The zero-order valence-electron chi connectivity index (χ0n) is 15.6. The molecule has 0 saturated carbocycles. The number of nitrogens with one attached hydrogen (secondary N) is 2. The molecule has 1 aliphatic heterocycles. The van der Waals surface area contributed by atoms with Gasteiger partial charge in [0, 0.05) is 55.9 Å². The van der Waals surface area contributed by atoms with Crippen molar-refractivity contribution in [3.05, 3.63) is 35.5 Å². The summed E-state index contributed by atoms with van der Waals surface area (Å²) in [6.07, 6.45) is 5.69. The number of carbonyl (C=O) groups excluding carboxylic acids is 1. The standard InChI is InChI=1S/C19H20ClFN6O2/c20-12-6-14-15(9-24-17(14)22-7-12)18-25-10-16(21)19(26-18)23-8-13-11-27(2-1-4-28)3-5-29-13/h4,6-7,9-10,13H,1-3,5,8,11H2,(H,22,24)(H,23,25,26). The number of aldehydes is 1. The van der Waals surface area contributed by atoms with Crippen LogP contribution in [0.25, 0.3) is 22.4 Å². The fourth-order valence-electron chi connectivity index (χ4n) is 3.34. The first-order chi connectivity index (χ1) is 14.1. The van der Waals surface area contributed by atoms with Crippen molar-refractivity contribution in [2.24, 2.45) is 0 Å². The third-order valence-electron chi connectivity index (χ3n) is 4.77. The maximum Gasteiger partial charge on any atom is 0.183 e. The molecule has 0 spiro atoms. The fraction of sp³-hybridized carbons (Fsp3) is 0.368. The topological polar surface area (TPSA) is 96.0 Å². The lowest BCUT2D eigenvalue weighted by Gasteiger charge is -2.32. The number of rotatable bonds is 7. The molecule has 0 bridgehead atoms. The molecule has 3 aromatic heterocycles. The molecule has 4 heterocycles. The molecule has 4 rings (SSSR count). The van der Waals surface area contributed by atoms with Gasteiger partial charge in [0.25, 0.3) is 0 Å². The molecule has 0 amide bonds. The van der Waals surface area contributed by atoms with Gasteiger partial charge in [0.2, 0.25) is 0 Å². The van der Waals surface area contributed by atoms with E-state index < -0.39 is 5.82 Å². The summed E-state index contributed by atoms with van der Waals surface area (Å²) in [5, 5.41) is 4.28. The van der Waals surface area contributed by atoms with Gasteiger partial charge in [-0.3, -0.25) is 4.90 Å². The van der Waals surface area contributed by atoms with Crippen LogP contribution in [-0.4, -0.2) is 70.0 Å². The monoisotopic (exact) mass is 418 g/mol. The van der Waals surface area contributed by atoms with Crippen molar-refractivity contribution < 1.29 is 13.9 Å². The Balaban J connectivity index is 1.48. The Morgan fingerprint density at radius 1 is 1.41 bits per heavy atom. The van der Waals surface area contributed by atoms with Gasteiger partial charge in [0.15, 0.2) is 17.5 Å². The van der Waals surface area contributed by atoms with Crippen LogP contribution in [0.4, 0.5) is 10.2 Å². The highest BCUT2D eigenvalue weighted by Gasteiger charge is 2.21. The minimum Gasteiger partial charge on any atom is -0.374 e. The Bertz CT molecular complexity index is 1010. The molecular weight excluding hydrogens is 399 g/mol. The molecule has 3 aromatic rings. The second-order valence-electron chi connectivity index (χ2n) is 6.77. The number of nitrogens with zero attached hydrogens (tertiary/aromatic N) is 4. The fourth-order valence-corrected chi connectivity index (χ4v) is 3.49. The summed E-state index contributed by atoms with van der Waals surface area (Å²) in [6, 6.07) is 1.76. The van der Waals surface area contributed by atoms with Crippen molar-refractivity contribution in [1.82, 2.24) is 24.8 Å². The van der Waals surface area contributed by atoms with Crippen molar-refractivity contribution in [1.29, 1.82) is 0 Å². The van der Waals surface area contributed by atoms with E-state index in [1.54, 1.807) is 18.5 Å². The van der Waals surface area contributed by atoms with Crippen molar-refractivity contribution in [3.8, 4) is 11.4 Å². The number of hydrogen-bond acceptors (Lipinski definition) is 7. The number of hydrogen-bond donors (Lipinski definition) is 2. The number of fused-ring (bicyclic) bond motifs is 1. The minimum absolute atomic E-state index is 0.105. The van der Waals surface area contributed by atoms with E-state index in [1.807, 2.05) is 0 Å². The SMILES string of the molecule is O=CCCN1CCOC(CNc2nc(-c3c[nH]c4ncc(Cl)cc34)ncc2F)C1. The van der Waals surface area contributed by atoms with Gasteiger partial charge >= 0.3 is 0 Å². The molecule has 1 saturated heterocycles. The average molecular weight is 419 g/mol.